The molecule has 0 saturated heterocycles. The van der Waals surface area contributed by atoms with Crippen molar-refractivity contribution in [2.75, 3.05) is 0 Å². The summed E-state index contributed by atoms with van der Waals surface area (Å²) < 4.78 is 9.51. The molecule has 0 saturated carbocycles. The van der Waals surface area contributed by atoms with Crippen molar-refractivity contribution in [3.8, 4) is 0 Å². The summed E-state index contributed by atoms with van der Waals surface area (Å²) in [5, 5.41) is 12.9. The van der Waals surface area contributed by atoms with Gasteiger partial charge < -0.3 is 0 Å². The number of hydrogen-bond acceptors (Lipinski definition) is 1. The van der Waals surface area contributed by atoms with Gasteiger partial charge in [0.25, 0.3) is 0 Å². The van der Waals surface area contributed by atoms with E-state index in [1.54, 1.807) is 0 Å². The Bertz CT molecular complexity index is 594. The maximum absolute atomic E-state index is 7.97. The Hall–Kier alpha value is 0.371. The van der Waals surface area contributed by atoms with E-state index in [1.807, 2.05) is 0 Å². The van der Waals surface area contributed by atoms with Crippen LogP contribution < -0.4 is 0 Å². The van der Waals surface area contributed by atoms with Gasteiger partial charge in [-0.3, -0.25) is 0 Å². The summed E-state index contributed by atoms with van der Waals surface area (Å²) in [4.78, 5) is 0. The summed E-state index contributed by atoms with van der Waals surface area (Å²) in [5.74, 6) is 0. The molecule has 0 radical (unpaired) electrons. The molecule has 0 spiro atoms. The van der Waals surface area contributed by atoms with Crippen LogP contribution in [0.15, 0.2) is 22.1 Å². The molecule has 3 heteroatoms. The zero-order chi connectivity index (χ0) is 20.5. The fraction of sp³-hybridized carbons (Fsp3) is 0.818. The molecule has 0 atom stereocenters. The van der Waals surface area contributed by atoms with E-state index in [-0.39, 0.29) is 15.1 Å². The standard InChI is InChI=1S/C12H27OSi.C5H5.5CH3.Ti/c1-10(2,3)14(13,11(4,5)6)12(7,8)9;1-2-4-5-3-1;;;;;;/h1-9H3;1-3H,4H2;5*1H3;/q-1;;;;;;;+1. The van der Waals surface area contributed by atoms with Gasteiger partial charge in [0.05, 0.1) is 0 Å². The number of rotatable bonds is 3. The van der Waals surface area contributed by atoms with Crippen molar-refractivity contribution < 1.29 is 16.1 Å². The topological polar surface area (TPSA) is 9.23 Å². The summed E-state index contributed by atoms with van der Waals surface area (Å²) >= 11 is -4.39. The van der Waals surface area contributed by atoms with E-state index in [0.29, 0.717) is 0 Å². The summed E-state index contributed by atoms with van der Waals surface area (Å²) in [6.45, 7) is 21.8. The van der Waals surface area contributed by atoms with Crippen molar-refractivity contribution >= 4 is 8.32 Å². The Kier molecular flexibility index (Phi) is 4.38. The molecule has 1 nitrogen and oxygen atoms in total. The first-order valence-electron chi connectivity index (χ1n) is 10.1. The molecule has 0 N–H and O–H groups in total. The van der Waals surface area contributed by atoms with Crippen molar-refractivity contribution in [2.24, 2.45) is 0 Å². The van der Waals surface area contributed by atoms with Gasteiger partial charge in [-0.1, -0.05) is 0 Å². The molecule has 0 unspecified atom stereocenters. The van der Waals surface area contributed by atoms with Crippen molar-refractivity contribution in [3.63, 3.8) is 0 Å². The number of allylic oxidation sites excluding steroid dienone is 4. The molecular weight excluding hydrogens is 356 g/mol. The Labute approximate surface area is 156 Å². The molecule has 1 rings (SSSR count). The predicted octanol–water partition coefficient (Wildman–Crippen LogP) is 9.11. The van der Waals surface area contributed by atoms with Crippen LogP contribution in [0.5, 0.6) is 0 Å². The van der Waals surface area contributed by atoms with Gasteiger partial charge >= 0.3 is 157 Å². The van der Waals surface area contributed by atoms with E-state index >= 15 is 0 Å². The minimum absolute atomic E-state index is 0.130. The molecule has 1 aliphatic carbocycles. The Balaban J connectivity index is 3.95. The molecule has 0 aliphatic heterocycles. The third-order valence-corrected chi connectivity index (χ3v) is 26.9. The maximum atomic E-state index is 7.97. The number of hydrogen-bond donors (Lipinski definition) is 0. The molecular formula is C22H47OSiTi. The first-order chi connectivity index (χ1) is 10.3. The molecule has 0 fully saturated rings. The molecule has 0 aromatic carbocycles. The van der Waals surface area contributed by atoms with Gasteiger partial charge in [-0.2, -0.15) is 0 Å². The van der Waals surface area contributed by atoms with Gasteiger partial charge in [0, 0.05) is 0 Å². The monoisotopic (exact) mass is 403 g/mol. The summed E-state index contributed by atoms with van der Waals surface area (Å²) in [7, 11) is -2.31. The Morgan fingerprint density at radius 3 is 1.36 bits per heavy atom. The van der Waals surface area contributed by atoms with Crippen LogP contribution in [0.3, 0.4) is 0 Å². The van der Waals surface area contributed by atoms with E-state index < -0.39 is 21.4 Å². The van der Waals surface area contributed by atoms with Crippen molar-refractivity contribution in [3.05, 3.63) is 22.1 Å². The third kappa shape index (κ3) is 3.98. The second-order valence-electron chi connectivity index (χ2n) is 16.2. The fourth-order valence-corrected chi connectivity index (χ4v) is 31.9. The first-order valence-corrected chi connectivity index (χ1v) is 21.3. The van der Waals surface area contributed by atoms with Crippen molar-refractivity contribution in [2.45, 2.75) is 110 Å². The van der Waals surface area contributed by atoms with Crippen LogP contribution in [0.4, 0.5) is 0 Å². The van der Waals surface area contributed by atoms with Crippen molar-refractivity contribution in [1.82, 2.24) is 0 Å². The predicted molar refractivity (Wildman–Crippen MR) is 117 cm³/mol. The van der Waals surface area contributed by atoms with E-state index in [0.717, 1.165) is 6.42 Å². The van der Waals surface area contributed by atoms with E-state index in [9.17, 15) is 0 Å². The van der Waals surface area contributed by atoms with Gasteiger partial charge in [0.15, 0.2) is 0 Å². The van der Waals surface area contributed by atoms with E-state index in [1.165, 1.54) is 3.88 Å². The van der Waals surface area contributed by atoms with Gasteiger partial charge in [-0.15, -0.1) is 0 Å². The normalized spacial score (nSPS) is 22.0. The SMILES string of the molecule is CC(C)(C)[Si]([O][Ti]([CH3])([CH3])([CH3])([CH3])([CH3])[C]1=CC=CC1)(C(C)(C)C)C(C)(C)C. The van der Waals surface area contributed by atoms with Gasteiger partial charge in [-0.25, -0.2) is 0 Å². The average molecular weight is 404 g/mol. The molecule has 0 aromatic heterocycles. The van der Waals surface area contributed by atoms with E-state index in [4.69, 9.17) is 3.01 Å². The molecule has 149 valence electrons. The summed E-state index contributed by atoms with van der Waals surface area (Å²) in [5.41, 5.74) is 0. The van der Waals surface area contributed by atoms with Crippen LogP contribution in [0.1, 0.15) is 68.7 Å². The second kappa shape index (κ2) is 4.67. The van der Waals surface area contributed by atoms with Crippen LogP contribution in [0.2, 0.25) is 41.3 Å². The van der Waals surface area contributed by atoms with Gasteiger partial charge in [0.2, 0.25) is 0 Å². The molecule has 1 aliphatic rings. The molecule has 0 amide bonds. The van der Waals surface area contributed by atoms with Gasteiger partial charge in [-0.05, 0) is 0 Å². The molecule has 25 heavy (non-hydrogen) atoms. The van der Waals surface area contributed by atoms with Crippen LogP contribution >= 0.6 is 0 Å². The Morgan fingerprint density at radius 2 is 1.12 bits per heavy atom. The van der Waals surface area contributed by atoms with Crippen molar-refractivity contribution in [1.29, 1.82) is 0 Å². The quantitative estimate of drug-likeness (QED) is 0.427. The average Bonchev–Trinajstić information content (AvgIpc) is 2.73. The molecule has 0 bridgehead atoms. The minimum atomic E-state index is -4.39. The first kappa shape index (κ1) is 23.4. The van der Waals surface area contributed by atoms with Gasteiger partial charge in [0.1, 0.15) is 0 Å². The van der Waals surface area contributed by atoms with Crippen LogP contribution in [-0.2, 0) is 16.1 Å². The van der Waals surface area contributed by atoms with E-state index in [2.05, 4.69) is 107 Å². The zero-order valence-electron chi connectivity index (χ0n) is 19.8. The second-order valence-corrected chi connectivity index (χ2v) is 47.3. The summed E-state index contributed by atoms with van der Waals surface area (Å²) in [6, 6.07) is 0. The molecule has 0 heterocycles. The summed E-state index contributed by atoms with van der Waals surface area (Å²) in [6.07, 6.45) is 7.90. The Morgan fingerprint density at radius 1 is 0.760 bits per heavy atom. The zero-order valence-corrected chi connectivity index (χ0v) is 22.4. The molecule has 0 aromatic rings. The van der Waals surface area contributed by atoms with Crippen LogP contribution in [0.25, 0.3) is 0 Å². The fourth-order valence-electron chi connectivity index (χ4n) is 6.19. The third-order valence-electron chi connectivity index (χ3n) is 6.39. The van der Waals surface area contributed by atoms with Crippen LogP contribution in [-0.4, -0.2) is 8.32 Å². The van der Waals surface area contributed by atoms with Crippen LogP contribution in [0, 0.1) is 0 Å².